The van der Waals surface area contributed by atoms with Crippen molar-refractivity contribution in [1.29, 1.82) is 0 Å². The fourth-order valence-electron chi connectivity index (χ4n) is 1.16. The van der Waals surface area contributed by atoms with Crippen molar-refractivity contribution in [2.24, 2.45) is 0 Å². The van der Waals surface area contributed by atoms with Gasteiger partial charge in [0.05, 0.1) is 12.2 Å². The molecule has 0 unspecified atom stereocenters. The summed E-state index contributed by atoms with van der Waals surface area (Å²) < 4.78 is 5.23. The fourth-order valence-corrected chi connectivity index (χ4v) is 1.16. The zero-order valence-electron chi connectivity index (χ0n) is 11.0. The molecule has 0 spiro atoms. The van der Waals surface area contributed by atoms with E-state index < -0.39 is 5.60 Å². The van der Waals surface area contributed by atoms with Gasteiger partial charge in [-0.25, -0.2) is 4.79 Å². The van der Waals surface area contributed by atoms with Crippen molar-refractivity contribution in [2.75, 3.05) is 7.05 Å². The van der Waals surface area contributed by atoms with Crippen LogP contribution in [-0.4, -0.2) is 41.7 Å². The number of hydrogen-bond donors (Lipinski definition) is 0. The number of carbonyl (C=O) groups is 1. The lowest BCUT2D eigenvalue weighted by molar-refractivity contribution is 0.0283. The number of carbonyl (C=O) groups excluding carboxylic acids is 1. The molecule has 0 aromatic carbocycles. The number of nitrogens with zero attached hydrogens (tertiary/aromatic N) is 3. The SMILES string of the molecule is Bc1ccc(CN(C)C(=O)OC(C)(C)C)nn1. The Morgan fingerprint density at radius 3 is 2.53 bits per heavy atom. The Bertz CT molecular complexity index is 387. The largest absolute Gasteiger partial charge is 0.444 e. The summed E-state index contributed by atoms with van der Waals surface area (Å²) in [5, 5.41) is 7.93. The Morgan fingerprint density at radius 2 is 2.06 bits per heavy atom. The molecule has 0 atom stereocenters. The molecular formula is C11H18BN3O2. The van der Waals surface area contributed by atoms with Crippen molar-refractivity contribution < 1.29 is 9.53 Å². The highest BCUT2D eigenvalue weighted by atomic mass is 16.6. The van der Waals surface area contributed by atoms with Crippen LogP contribution in [-0.2, 0) is 11.3 Å². The van der Waals surface area contributed by atoms with Gasteiger partial charge in [-0.3, -0.25) is 0 Å². The monoisotopic (exact) mass is 235 g/mol. The lowest BCUT2D eigenvalue weighted by Crippen LogP contribution is -2.34. The van der Waals surface area contributed by atoms with Crippen molar-refractivity contribution >= 4 is 19.5 Å². The number of ether oxygens (including phenoxy) is 1. The predicted molar refractivity (Wildman–Crippen MR) is 67.9 cm³/mol. The Morgan fingerprint density at radius 1 is 1.41 bits per heavy atom. The summed E-state index contributed by atoms with van der Waals surface area (Å²) in [6.45, 7) is 5.90. The highest BCUT2D eigenvalue weighted by Crippen LogP contribution is 2.10. The topological polar surface area (TPSA) is 55.3 Å². The zero-order valence-corrected chi connectivity index (χ0v) is 11.0. The molecule has 1 aromatic heterocycles. The van der Waals surface area contributed by atoms with Gasteiger partial charge >= 0.3 is 6.09 Å². The molecule has 0 saturated carbocycles. The van der Waals surface area contributed by atoms with Gasteiger partial charge < -0.3 is 9.64 Å². The van der Waals surface area contributed by atoms with Gasteiger partial charge in [0.15, 0.2) is 7.85 Å². The number of rotatable bonds is 2. The van der Waals surface area contributed by atoms with Gasteiger partial charge in [0.25, 0.3) is 0 Å². The van der Waals surface area contributed by atoms with E-state index in [1.54, 1.807) is 7.05 Å². The summed E-state index contributed by atoms with van der Waals surface area (Å²) in [7, 11) is 3.55. The first-order valence-corrected chi connectivity index (χ1v) is 5.51. The molecule has 5 nitrogen and oxygen atoms in total. The third-order valence-electron chi connectivity index (χ3n) is 1.96. The first-order valence-electron chi connectivity index (χ1n) is 5.51. The van der Waals surface area contributed by atoms with Crippen LogP contribution in [0.15, 0.2) is 12.1 Å². The second-order valence-corrected chi connectivity index (χ2v) is 5.00. The van der Waals surface area contributed by atoms with Crippen LogP contribution in [0.2, 0.25) is 0 Å². The normalized spacial score (nSPS) is 11.1. The van der Waals surface area contributed by atoms with Crippen LogP contribution in [0.25, 0.3) is 0 Å². The molecule has 0 fully saturated rings. The molecule has 17 heavy (non-hydrogen) atoms. The molecule has 0 bridgehead atoms. The Hall–Kier alpha value is -1.59. The number of aromatic nitrogens is 2. The summed E-state index contributed by atoms with van der Waals surface area (Å²) in [5.41, 5.74) is 1.11. The molecule has 0 aliphatic heterocycles. The highest BCUT2D eigenvalue weighted by molar-refractivity contribution is 6.30. The van der Waals surface area contributed by atoms with E-state index in [1.165, 1.54) is 4.90 Å². The average Bonchev–Trinajstić information content (AvgIpc) is 2.19. The van der Waals surface area contributed by atoms with E-state index in [2.05, 4.69) is 10.2 Å². The maximum Gasteiger partial charge on any atom is 0.410 e. The number of amides is 1. The van der Waals surface area contributed by atoms with E-state index in [-0.39, 0.29) is 6.09 Å². The zero-order chi connectivity index (χ0) is 13.1. The maximum absolute atomic E-state index is 11.7. The van der Waals surface area contributed by atoms with Gasteiger partial charge in [0.2, 0.25) is 0 Å². The molecule has 1 amide bonds. The Kier molecular flexibility index (Phi) is 4.09. The van der Waals surface area contributed by atoms with Gasteiger partial charge in [-0.1, -0.05) is 0 Å². The van der Waals surface area contributed by atoms with Gasteiger partial charge in [-0.2, -0.15) is 10.2 Å². The van der Waals surface area contributed by atoms with Crippen LogP contribution in [0.1, 0.15) is 26.5 Å². The molecular weight excluding hydrogens is 217 g/mol. The van der Waals surface area contributed by atoms with Crippen LogP contribution in [0.3, 0.4) is 0 Å². The summed E-state index contributed by atoms with van der Waals surface area (Å²) in [6.07, 6.45) is -0.361. The lowest BCUT2D eigenvalue weighted by Gasteiger charge is -2.24. The number of hydrogen-bond acceptors (Lipinski definition) is 4. The average molecular weight is 235 g/mol. The van der Waals surface area contributed by atoms with Gasteiger partial charge in [0, 0.05) is 12.6 Å². The van der Waals surface area contributed by atoms with Crippen LogP contribution >= 0.6 is 0 Å². The second kappa shape index (κ2) is 5.16. The van der Waals surface area contributed by atoms with E-state index >= 15 is 0 Å². The lowest BCUT2D eigenvalue weighted by atomic mass is 10.1. The standard InChI is InChI=1S/C11H18BN3O2/c1-11(2,3)17-10(16)15(4)7-8-5-6-9(12)14-13-8/h5-6H,7,12H2,1-4H3. The van der Waals surface area contributed by atoms with Crippen LogP contribution < -0.4 is 5.59 Å². The van der Waals surface area contributed by atoms with E-state index in [1.807, 2.05) is 40.8 Å². The van der Waals surface area contributed by atoms with E-state index in [0.717, 1.165) is 11.3 Å². The van der Waals surface area contributed by atoms with E-state index in [0.29, 0.717) is 6.54 Å². The Balaban J connectivity index is 2.57. The third kappa shape index (κ3) is 4.84. The molecule has 1 aromatic rings. The van der Waals surface area contributed by atoms with Gasteiger partial charge in [0.1, 0.15) is 5.60 Å². The van der Waals surface area contributed by atoms with Gasteiger partial charge in [-0.15, -0.1) is 0 Å². The van der Waals surface area contributed by atoms with Crippen molar-refractivity contribution in [3.8, 4) is 0 Å². The quantitative estimate of drug-likeness (QED) is 0.682. The first-order chi connectivity index (χ1) is 7.78. The smallest absolute Gasteiger partial charge is 0.410 e. The van der Waals surface area contributed by atoms with Crippen LogP contribution in [0.5, 0.6) is 0 Å². The fraction of sp³-hybridized carbons (Fsp3) is 0.545. The van der Waals surface area contributed by atoms with Gasteiger partial charge in [-0.05, 0) is 32.9 Å². The highest BCUT2D eigenvalue weighted by Gasteiger charge is 2.19. The molecule has 0 N–H and O–H groups in total. The minimum absolute atomic E-state index is 0.361. The third-order valence-corrected chi connectivity index (χ3v) is 1.96. The van der Waals surface area contributed by atoms with Crippen LogP contribution in [0.4, 0.5) is 4.79 Å². The minimum atomic E-state index is -0.482. The van der Waals surface area contributed by atoms with E-state index in [4.69, 9.17) is 4.74 Å². The van der Waals surface area contributed by atoms with Crippen molar-refractivity contribution in [3.63, 3.8) is 0 Å². The minimum Gasteiger partial charge on any atom is -0.444 e. The summed E-state index contributed by atoms with van der Waals surface area (Å²) in [5.74, 6) is 0. The molecule has 1 heterocycles. The van der Waals surface area contributed by atoms with Crippen LogP contribution in [0, 0.1) is 0 Å². The molecule has 6 heteroatoms. The summed E-state index contributed by atoms with van der Waals surface area (Å²) in [4.78, 5) is 13.2. The first kappa shape index (κ1) is 13.5. The Labute approximate surface area is 103 Å². The predicted octanol–water partition coefficient (Wildman–Crippen LogP) is 0.102. The second-order valence-electron chi connectivity index (χ2n) is 5.00. The molecule has 0 radical (unpaired) electrons. The maximum atomic E-state index is 11.7. The van der Waals surface area contributed by atoms with Crippen molar-refractivity contribution in [1.82, 2.24) is 15.1 Å². The molecule has 0 aliphatic rings. The summed E-state index contributed by atoms with van der Waals surface area (Å²) in [6, 6.07) is 3.72. The molecule has 0 aliphatic carbocycles. The van der Waals surface area contributed by atoms with Crippen molar-refractivity contribution in [3.05, 3.63) is 17.8 Å². The summed E-state index contributed by atoms with van der Waals surface area (Å²) >= 11 is 0. The molecule has 0 saturated heterocycles. The van der Waals surface area contributed by atoms with E-state index in [9.17, 15) is 4.79 Å². The molecule has 92 valence electrons. The molecule has 1 rings (SSSR count). The van der Waals surface area contributed by atoms with Crippen molar-refractivity contribution in [2.45, 2.75) is 32.9 Å².